The number of benzene rings is 9. The molecule has 0 unspecified atom stereocenters. The molecule has 0 spiro atoms. The summed E-state index contributed by atoms with van der Waals surface area (Å²) >= 11 is 1.88. The van der Waals surface area contributed by atoms with Crippen LogP contribution in [0, 0.1) is 0 Å². The third kappa shape index (κ3) is 5.16. The Morgan fingerprint density at radius 1 is 0.365 bits per heavy atom. The van der Waals surface area contributed by atoms with Gasteiger partial charge in [-0.1, -0.05) is 158 Å². The van der Waals surface area contributed by atoms with Gasteiger partial charge in [-0.3, -0.25) is 0 Å². The van der Waals surface area contributed by atoms with Crippen LogP contribution in [-0.4, -0.2) is 0 Å². The first kappa shape index (κ1) is 30.4. The maximum Gasteiger partial charge on any atom is 0.0555 e. The Morgan fingerprint density at radius 2 is 0.962 bits per heavy atom. The van der Waals surface area contributed by atoms with Crippen molar-refractivity contribution < 1.29 is 0 Å². The average Bonchev–Trinajstić information content (AvgIpc) is 3.61. The Labute approximate surface area is 307 Å². The van der Waals surface area contributed by atoms with Gasteiger partial charge in [0.15, 0.2) is 0 Å². The zero-order valence-electron chi connectivity index (χ0n) is 28.4. The third-order valence-electron chi connectivity index (χ3n) is 10.2. The van der Waals surface area contributed by atoms with Crippen molar-refractivity contribution in [1.29, 1.82) is 0 Å². The van der Waals surface area contributed by atoms with E-state index in [2.05, 4.69) is 205 Å². The number of thiophene rings is 1. The van der Waals surface area contributed by atoms with E-state index in [9.17, 15) is 0 Å². The molecule has 0 bridgehead atoms. The highest BCUT2D eigenvalue weighted by Crippen LogP contribution is 2.49. The van der Waals surface area contributed by atoms with Crippen molar-refractivity contribution in [2.75, 3.05) is 4.90 Å². The third-order valence-corrected chi connectivity index (χ3v) is 11.5. The van der Waals surface area contributed by atoms with Crippen molar-refractivity contribution in [2.24, 2.45) is 0 Å². The molecule has 1 aromatic heterocycles. The minimum Gasteiger partial charge on any atom is -0.310 e. The van der Waals surface area contributed by atoms with Crippen LogP contribution < -0.4 is 4.90 Å². The highest BCUT2D eigenvalue weighted by Gasteiger charge is 2.21. The van der Waals surface area contributed by atoms with E-state index in [1.807, 2.05) is 11.3 Å². The molecule has 2 heteroatoms. The summed E-state index contributed by atoms with van der Waals surface area (Å²) in [5.41, 5.74) is 10.8. The molecule has 0 N–H and O–H groups in total. The molecule has 0 atom stereocenters. The fraction of sp³-hybridized carbons (Fsp3) is 0. The van der Waals surface area contributed by atoms with Crippen molar-refractivity contribution in [2.45, 2.75) is 0 Å². The zero-order chi connectivity index (χ0) is 34.4. The molecule has 10 rings (SSSR count). The highest BCUT2D eigenvalue weighted by molar-refractivity contribution is 7.26. The summed E-state index contributed by atoms with van der Waals surface area (Å²) in [5.74, 6) is 0. The van der Waals surface area contributed by atoms with Crippen LogP contribution in [0.1, 0.15) is 0 Å². The molecular formula is C50H33NS. The lowest BCUT2D eigenvalue weighted by atomic mass is 9.90. The first-order valence-electron chi connectivity index (χ1n) is 17.8. The summed E-state index contributed by atoms with van der Waals surface area (Å²) < 4.78 is 2.59. The van der Waals surface area contributed by atoms with Gasteiger partial charge in [-0.25, -0.2) is 0 Å². The van der Waals surface area contributed by atoms with Crippen molar-refractivity contribution in [3.63, 3.8) is 0 Å². The maximum atomic E-state index is 2.42. The Bertz CT molecular complexity index is 2890. The van der Waals surface area contributed by atoms with E-state index in [0.717, 1.165) is 11.4 Å². The first-order valence-corrected chi connectivity index (χ1v) is 18.6. The van der Waals surface area contributed by atoms with Crippen LogP contribution in [-0.2, 0) is 0 Å². The number of anilines is 3. The topological polar surface area (TPSA) is 3.24 Å². The fourth-order valence-electron chi connectivity index (χ4n) is 7.80. The minimum absolute atomic E-state index is 1.12. The average molecular weight is 680 g/mol. The molecular weight excluding hydrogens is 647 g/mol. The van der Waals surface area contributed by atoms with Gasteiger partial charge in [0.25, 0.3) is 0 Å². The number of hydrogen-bond acceptors (Lipinski definition) is 2. The van der Waals surface area contributed by atoms with Gasteiger partial charge >= 0.3 is 0 Å². The summed E-state index contributed by atoms with van der Waals surface area (Å²) in [6.07, 6.45) is 0. The number of nitrogens with zero attached hydrogens (tertiary/aromatic N) is 1. The van der Waals surface area contributed by atoms with Crippen LogP contribution in [0.2, 0.25) is 0 Å². The molecule has 9 aromatic carbocycles. The van der Waals surface area contributed by atoms with E-state index in [0.29, 0.717) is 0 Å². The van der Waals surface area contributed by atoms with Gasteiger partial charge in [0, 0.05) is 31.5 Å². The highest BCUT2D eigenvalue weighted by atomic mass is 32.1. The monoisotopic (exact) mass is 679 g/mol. The van der Waals surface area contributed by atoms with Gasteiger partial charge in [0.05, 0.1) is 5.69 Å². The summed E-state index contributed by atoms with van der Waals surface area (Å²) in [6.45, 7) is 0. The summed E-state index contributed by atoms with van der Waals surface area (Å²) in [5, 5.41) is 7.58. The molecule has 244 valence electrons. The molecule has 0 amide bonds. The number of hydrogen-bond donors (Lipinski definition) is 0. The predicted molar refractivity (Wildman–Crippen MR) is 225 cm³/mol. The quantitative estimate of drug-likeness (QED) is 0.169. The van der Waals surface area contributed by atoms with Crippen LogP contribution >= 0.6 is 11.3 Å². The van der Waals surface area contributed by atoms with Crippen molar-refractivity contribution in [1.82, 2.24) is 0 Å². The van der Waals surface area contributed by atoms with Crippen LogP contribution in [0.4, 0.5) is 17.1 Å². The maximum absolute atomic E-state index is 2.42. The second-order valence-corrected chi connectivity index (χ2v) is 14.3. The SMILES string of the molecule is c1ccc(-c2c(-c3ccc(N(c4ccccc4)c4ccc(-c5ccc6ccccc6c5)c5sc6ccccc6c45)cc3)ccc3ccccc23)cc1. The lowest BCUT2D eigenvalue weighted by Crippen LogP contribution is -2.10. The van der Waals surface area contributed by atoms with E-state index in [1.54, 1.807) is 0 Å². The molecule has 0 aliphatic carbocycles. The molecule has 0 saturated heterocycles. The van der Waals surface area contributed by atoms with Crippen molar-refractivity contribution in [3.8, 4) is 33.4 Å². The molecule has 10 aromatic rings. The Hall–Kier alpha value is -6.48. The van der Waals surface area contributed by atoms with Gasteiger partial charge in [-0.2, -0.15) is 0 Å². The van der Waals surface area contributed by atoms with E-state index in [1.165, 1.54) is 80.8 Å². The Balaban J connectivity index is 1.16. The molecule has 0 aliphatic rings. The van der Waals surface area contributed by atoms with Crippen LogP contribution in [0.15, 0.2) is 200 Å². The standard InChI is InChI=1S/C50H33NS/c1-3-15-37(16-4-1)48-42-20-10-9-14-35(42)27-30-43(48)36-25-28-41(29-26-36)51(40-18-5-2-6-19-40)46-32-31-44(39-24-23-34-13-7-8-17-38(34)33-39)50-49(46)45-21-11-12-22-47(45)52-50/h1-33H. The summed E-state index contributed by atoms with van der Waals surface area (Å²) in [6, 6.07) is 72.9. The number of rotatable bonds is 6. The number of para-hydroxylation sites is 1. The van der Waals surface area contributed by atoms with E-state index in [-0.39, 0.29) is 0 Å². The van der Waals surface area contributed by atoms with E-state index < -0.39 is 0 Å². The van der Waals surface area contributed by atoms with Crippen molar-refractivity contribution in [3.05, 3.63) is 200 Å². The molecule has 0 aliphatic heterocycles. The van der Waals surface area contributed by atoms with Crippen LogP contribution in [0.5, 0.6) is 0 Å². The summed E-state index contributed by atoms with van der Waals surface area (Å²) in [7, 11) is 0. The molecule has 52 heavy (non-hydrogen) atoms. The smallest absolute Gasteiger partial charge is 0.0555 e. The molecule has 0 radical (unpaired) electrons. The second kappa shape index (κ2) is 12.7. The van der Waals surface area contributed by atoms with Crippen LogP contribution in [0.3, 0.4) is 0 Å². The lowest BCUT2D eigenvalue weighted by Gasteiger charge is -2.27. The molecule has 0 fully saturated rings. The lowest BCUT2D eigenvalue weighted by molar-refractivity contribution is 1.30. The molecule has 1 nitrogen and oxygen atoms in total. The second-order valence-electron chi connectivity index (χ2n) is 13.3. The van der Waals surface area contributed by atoms with Gasteiger partial charge in [0.2, 0.25) is 0 Å². The normalized spacial score (nSPS) is 11.5. The summed E-state index contributed by atoms with van der Waals surface area (Å²) in [4.78, 5) is 2.42. The first-order chi connectivity index (χ1) is 25.8. The van der Waals surface area contributed by atoms with Crippen LogP contribution in [0.25, 0.3) is 75.1 Å². The fourth-order valence-corrected chi connectivity index (χ4v) is 9.06. The number of fused-ring (bicyclic) bond motifs is 5. The predicted octanol–water partition coefficient (Wildman–Crippen LogP) is 14.8. The zero-order valence-corrected chi connectivity index (χ0v) is 29.2. The van der Waals surface area contributed by atoms with Gasteiger partial charge in [0.1, 0.15) is 0 Å². The Kier molecular flexibility index (Phi) is 7.41. The Morgan fingerprint density at radius 3 is 1.77 bits per heavy atom. The largest absolute Gasteiger partial charge is 0.310 e. The molecule has 1 heterocycles. The molecule has 0 saturated carbocycles. The minimum atomic E-state index is 1.12. The van der Waals surface area contributed by atoms with E-state index in [4.69, 9.17) is 0 Å². The van der Waals surface area contributed by atoms with Crippen molar-refractivity contribution >= 4 is 70.1 Å². The van der Waals surface area contributed by atoms with Gasteiger partial charge < -0.3 is 4.90 Å². The van der Waals surface area contributed by atoms with Gasteiger partial charge in [-0.15, -0.1) is 11.3 Å². The van der Waals surface area contributed by atoms with E-state index >= 15 is 0 Å². The van der Waals surface area contributed by atoms with Gasteiger partial charge in [-0.05, 0) is 97.4 Å².